The normalized spacial score (nSPS) is 13.5. The maximum absolute atomic E-state index is 12.7. The van der Waals surface area contributed by atoms with Crippen LogP contribution in [0, 0.1) is 0 Å². The van der Waals surface area contributed by atoms with Crippen molar-refractivity contribution in [2.45, 2.75) is 19.5 Å². The van der Waals surface area contributed by atoms with Crippen molar-refractivity contribution >= 4 is 12.2 Å². The molecule has 2 aromatic carbocycles. The second-order valence-corrected chi connectivity index (χ2v) is 7.61. The zero-order valence-electron chi connectivity index (χ0n) is 18.9. The van der Waals surface area contributed by atoms with Crippen LogP contribution in [0.1, 0.15) is 22.4 Å². The maximum Gasteiger partial charge on any atom is 0.257 e. The molecule has 2 N–H and O–H groups in total. The fourth-order valence-corrected chi connectivity index (χ4v) is 3.83. The molecule has 0 radical (unpaired) electrons. The summed E-state index contributed by atoms with van der Waals surface area (Å²) >= 11 is 0. The summed E-state index contributed by atoms with van der Waals surface area (Å²) in [6, 6.07) is 13.7. The number of hydrazone groups is 1. The lowest BCUT2D eigenvalue weighted by atomic mass is 10.1. The number of H-pyrrole nitrogens is 1. The third-order valence-corrected chi connectivity index (χ3v) is 5.51. The molecule has 9 heteroatoms. The highest BCUT2D eigenvalue weighted by Crippen LogP contribution is 2.33. The van der Waals surface area contributed by atoms with Crippen LogP contribution in [0.25, 0.3) is 0 Å². The van der Waals surface area contributed by atoms with Gasteiger partial charge in [0.2, 0.25) is 5.95 Å². The van der Waals surface area contributed by atoms with Crippen molar-refractivity contribution in [2.75, 3.05) is 33.3 Å². The molecule has 1 aliphatic heterocycles. The van der Waals surface area contributed by atoms with Crippen molar-refractivity contribution in [3.8, 4) is 17.2 Å². The SMILES string of the molecule is COc1cc(OC)c(OC)cc1/C=N\Nc1nc2c(c(=O)[nH]1)CN(Cc1ccccc1)CC2. The summed E-state index contributed by atoms with van der Waals surface area (Å²) in [5.41, 5.74) is 6.06. The summed E-state index contributed by atoms with van der Waals surface area (Å²) in [4.78, 5) is 22.3. The molecule has 9 nitrogen and oxygen atoms in total. The molecule has 0 spiro atoms. The van der Waals surface area contributed by atoms with Gasteiger partial charge in [0.05, 0.1) is 38.8 Å². The molecule has 1 aliphatic rings. The second kappa shape index (κ2) is 10.2. The third-order valence-electron chi connectivity index (χ3n) is 5.51. The van der Waals surface area contributed by atoms with E-state index in [2.05, 4.69) is 37.5 Å². The highest BCUT2D eigenvalue weighted by atomic mass is 16.5. The average Bonchev–Trinajstić information content (AvgIpc) is 2.84. The Morgan fingerprint density at radius 3 is 2.55 bits per heavy atom. The number of anilines is 1. The fourth-order valence-electron chi connectivity index (χ4n) is 3.83. The fraction of sp³-hybridized carbons (Fsp3) is 0.292. The van der Waals surface area contributed by atoms with Crippen molar-refractivity contribution in [1.29, 1.82) is 0 Å². The van der Waals surface area contributed by atoms with Crippen molar-refractivity contribution in [3.63, 3.8) is 0 Å². The number of methoxy groups -OCH3 is 3. The van der Waals surface area contributed by atoms with Gasteiger partial charge in [-0.05, 0) is 11.6 Å². The molecule has 0 saturated carbocycles. The summed E-state index contributed by atoms with van der Waals surface area (Å²) in [6.07, 6.45) is 2.27. The molecule has 0 unspecified atom stereocenters. The van der Waals surface area contributed by atoms with E-state index in [4.69, 9.17) is 14.2 Å². The van der Waals surface area contributed by atoms with Gasteiger partial charge >= 0.3 is 0 Å². The predicted molar refractivity (Wildman–Crippen MR) is 126 cm³/mol. The Hall–Kier alpha value is -3.85. The molecule has 0 fully saturated rings. The van der Waals surface area contributed by atoms with Crippen LogP contribution in [0.4, 0.5) is 5.95 Å². The quantitative estimate of drug-likeness (QED) is 0.403. The molecule has 0 bridgehead atoms. The van der Waals surface area contributed by atoms with Gasteiger partial charge in [0.15, 0.2) is 11.5 Å². The largest absolute Gasteiger partial charge is 0.496 e. The molecular weight excluding hydrogens is 422 g/mol. The lowest BCUT2D eigenvalue weighted by molar-refractivity contribution is 0.242. The first-order chi connectivity index (χ1) is 16.1. The number of rotatable bonds is 8. The summed E-state index contributed by atoms with van der Waals surface area (Å²) < 4.78 is 16.0. The Bertz CT molecular complexity index is 1190. The Morgan fingerprint density at radius 1 is 1.09 bits per heavy atom. The highest BCUT2D eigenvalue weighted by molar-refractivity contribution is 5.85. The number of hydrogen-bond donors (Lipinski definition) is 2. The number of nitrogens with one attached hydrogen (secondary N) is 2. The Kier molecular flexibility index (Phi) is 6.89. The van der Waals surface area contributed by atoms with E-state index in [1.165, 1.54) is 5.56 Å². The third kappa shape index (κ3) is 5.15. The van der Waals surface area contributed by atoms with E-state index in [-0.39, 0.29) is 5.56 Å². The summed E-state index contributed by atoms with van der Waals surface area (Å²) in [5, 5.41) is 4.22. The van der Waals surface area contributed by atoms with Gasteiger partial charge in [-0.25, -0.2) is 10.4 Å². The molecular formula is C24H27N5O4. The number of benzene rings is 2. The molecule has 3 aromatic rings. The summed E-state index contributed by atoms with van der Waals surface area (Å²) in [7, 11) is 4.69. The summed E-state index contributed by atoms with van der Waals surface area (Å²) in [6.45, 7) is 2.21. The average molecular weight is 450 g/mol. The molecule has 0 amide bonds. The molecule has 172 valence electrons. The van der Waals surface area contributed by atoms with E-state index in [0.29, 0.717) is 47.3 Å². The van der Waals surface area contributed by atoms with Gasteiger partial charge in [-0.2, -0.15) is 5.10 Å². The van der Waals surface area contributed by atoms with Crippen LogP contribution in [0.5, 0.6) is 17.2 Å². The molecule has 0 aliphatic carbocycles. The standard InChI is InChI=1S/C24H27N5O4/c1-31-20-12-22(33-3)21(32-2)11-17(20)13-25-28-24-26-19-9-10-29(15-18(19)23(30)27-24)14-16-7-5-4-6-8-16/h4-8,11-13H,9-10,14-15H2,1-3H3,(H2,26,27,28,30)/b25-13-. The Balaban J connectivity index is 1.47. The van der Waals surface area contributed by atoms with Crippen LogP contribution in [0.2, 0.25) is 0 Å². The minimum Gasteiger partial charge on any atom is -0.496 e. The maximum atomic E-state index is 12.7. The van der Waals surface area contributed by atoms with Crippen molar-refractivity contribution in [1.82, 2.24) is 14.9 Å². The van der Waals surface area contributed by atoms with Gasteiger partial charge < -0.3 is 14.2 Å². The molecule has 4 rings (SSSR count). The first-order valence-corrected chi connectivity index (χ1v) is 10.6. The Labute approximate surface area is 192 Å². The summed E-state index contributed by atoms with van der Waals surface area (Å²) in [5.74, 6) is 1.98. The minimum atomic E-state index is -0.154. The topological polar surface area (TPSA) is 101 Å². The van der Waals surface area contributed by atoms with Crippen LogP contribution in [-0.2, 0) is 19.5 Å². The molecule has 0 atom stereocenters. The van der Waals surface area contributed by atoms with Crippen molar-refractivity contribution in [3.05, 3.63) is 75.2 Å². The van der Waals surface area contributed by atoms with Gasteiger partial charge in [-0.1, -0.05) is 30.3 Å². The predicted octanol–water partition coefficient (Wildman–Crippen LogP) is 2.80. The van der Waals surface area contributed by atoms with Crippen molar-refractivity contribution < 1.29 is 14.2 Å². The van der Waals surface area contributed by atoms with E-state index >= 15 is 0 Å². The number of aromatic amines is 1. The van der Waals surface area contributed by atoms with Crippen LogP contribution >= 0.6 is 0 Å². The number of nitrogens with zero attached hydrogens (tertiary/aromatic N) is 3. The monoisotopic (exact) mass is 449 g/mol. The van der Waals surface area contributed by atoms with Gasteiger partial charge in [0, 0.05) is 37.7 Å². The number of aromatic nitrogens is 2. The van der Waals surface area contributed by atoms with Gasteiger partial charge in [-0.3, -0.25) is 14.7 Å². The number of hydrogen-bond acceptors (Lipinski definition) is 8. The van der Waals surface area contributed by atoms with Gasteiger partial charge in [0.1, 0.15) is 5.75 Å². The van der Waals surface area contributed by atoms with Crippen LogP contribution < -0.4 is 25.2 Å². The van der Waals surface area contributed by atoms with Crippen LogP contribution in [0.15, 0.2) is 52.4 Å². The van der Waals surface area contributed by atoms with Gasteiger partial charge in [0.25, 0.3) is 5.56 Å². The molecule has 33 heavy (non-hydrogen) atoms. The van der Waals surface area contributed by atoms with E-state index < -0.39 is 0 Å². The Morgan fingerprint density at radius 2 is 1.82 bits per heavy atom. The number of fused-ring (bicyclic) bond motifs is 1. The molecule has 2 heterocycles. The zero-order valence-corrected chi connectivity index (χ0v) is 18.9. The van der Waals surface area contributed by atoms with E-state index in [1.54, 1.807) is 39.7 Å². The number of ether oxygens (including phenoxy) is 3. The zero-order chi connectivity index (χ0) is 23.2. The highest BCUT2D eigenvalue weighted by Gasteiger charge is 2.21. The van der Waals surface area contributed by atoms with E-state index in [1.807, 2.05) is 18.2 Å². The lowest BCUT2D eigenvalue weighted by Gasteiger charge is -2.27. The van der Waals surface area contributed by atoms with Crippen LogP contribution in [-0.4, -0.2) is 49.0 Å². The van der Waals surface area contributed by atoms with Gasteiger partial charge in [-0.15, -0.1) is 0 Å². The van der Waals surface area contributed by atoms with E-state index in [0.717, 1.165) is 18.8 Å². The first-order valence-electron chi connectivity index (χ1n) is 10.6. The van der Waals surface area contributed by atoms with E-state index in [9.17, 15) is 4.79 Å². The van der Waals surface area contributed by atoms with Crippen LogP contribution in [0.3, 0.4) is 0 Å². The molecule has 1 aromatic heterocycles. The minimum absolute atomic E-state index is 0.154. The smallest absolute Gasteiger partial charge is 0.257 e. The first kappa shape index (κ1) is 22.3. The van der Waals surface area contributed by atoms with Crippen molar-refractivity contribution in [2.24, 2.45) is 5.10 Å². The second-order valence-electron chi connectivity index (χ2n) is 7.61. The lowest BCUT2D eigenvalue weighted by Crippen LogP contribution is -2.35. The molecule has 0 saturated heterocycles.